The van der Waals surface area contributed by atoms with E-state index in [1.165, 1.54) is 59.7 Å². The van der Waals surface area contributed by atoms with Crippen LogP contribution in [0.4, 0.5) is 0 Å². The van der Waals surface area contributed by atoms with Crippen LogP contribution >= 0.6 is 0 Å². The van der Waals surface area contributed by atoms with Crippen molar-refractivity contribution in [3.63, 3.8) is 0 Å². The van der Waals surface area contributed by atoms with E-state index in [4.69, 9.17) is 0 Å². The quantitative estimate of drug-likeness (QED) is 0.171. The van der Waals surface area contributed by atoms with Gasteiger partial charge in [0.05, 0.1) is 17.6 Å². The second-order valence-corrected chi connectivity index (χ2v) is 16.6. The maximum atomic E-state index is 2.46. The molecule has 0 aromatic heterocycles. The lowest BCUT2D eigenvalue weighted by Gasteiger charge is -2.23. The molecule has 0 heterocycles. The van der Waals surface area contributed by atoms with Crippen LogP contribution in [0.1, 0.15) is 26.3 Å². The zero-order valence-corrected chi connectivity index (χ0v) is 24.7. The topological polar surface area (TPSA) is 0 Å². The molecular formula is C34H36Si2. The van der Waals surface area contributed by atoms with Crippen molar-refractivity contribution in [3.8, 4) is 22.3 Å². The SMILES string of the molecule is C[Si](C)c1ccc(-c2c3ccccc3c(-c3ccc([Si](C)C)cc3)c3cc(C(C)(C)C)ccc23)cc1. The van der Waals surface area contributed by atoms with E-state index in [9.17, 15) is 0 Å². The van der Waals surface area contributed by atoms with Crippen molar-refractivity contribution in [1.82, 2.24) is 0 Å². The molecule has 0 nitrogen and oxygen atoms in total. The van der Waals surface area contributed by atoms with Gasteiger partial charge in [-0.15, -0.1) is 0 Å². The van der Waals surface area contributed by atoms with Crippen molar-refractivity contribution >= 4 is 49.5 Å². The first-order chi connectivity index (χ1) is 17.1. The van der Waals surface area contributed by atoms with Gasteiger partial charge in [0.25, 0.3) is 0 Å². The summed E-state index contributed by atoms with van der Waals surface area (Å²) in [4.78, 5) is 0. The highest BCUT2D eigenvalue weighted by Crippen LogP contribution is 2.44. The smallest absolute Gasteiger partial charge is 0.0671 e. The van der Waals surface area contributed by atoms with Crippen molar-refractivity contribution in [3.05, 3.63) is 96.6 Å². The lowest BCUT2D eigenvalue weighted by molar-refractivity contribution is 0.591. The molecule has 0 saturated carbocycles. The summed E-state index contributed by atoms with van der Waals surface area (Å²) in [7, 11) is -0.936. The molecule has 0 saturated heterocycles. The van der Waals surface area contributed by atoms with Crippen molar-refractivity contribution < 1.29 is 0 Å². The summed E-state index contributed by atoms with van der Waals surface area (Å²) in [5.41, 5.74) is 6.78. The number of rotatable bonds is 4. The molecule has 0 aliphatic heterocycles. The van der Waals surface area contributed by atoms with Crippen molar-refractivity contribution in [2.45, 2.75) is 52.4 Å². The van der Waals surface area contributed by atoms with Crippen LogP contribution in [0.2, 0.25) is 26.2 Å². The number of hydrogen-bond donors (Lipinski definition) is 0. The Morgan fingerprint density at radius 2 is 0.889 bits per heavy atom. The summed E-state index contributed by atoms with van der Waals surface area (Å²) < 4.78 is 0. The standard InChI is InChI=1S/C34H36Si2/c1-34(2,3)25-16-21-30-31(22-25)33(24-14-19-27(20-15-24)36(6)7)29-11-9-8-10-28(29)32(30)23-12-17-26(18-13-23)35(4)5/h8-22H,1-7H3. The number of benzene rings is 5. The molecule has 5 aromatic carbocycles. The third kappa shape index (κ3) is 4.49. The van der Waals surface area contributed by atoms with Crippen LogP contribution in [0.25, 0.3) is 43.8 Å². The Balaban J connectivity index is 1.89. The largest absolute Gasteiger partial charge is 0.0791 e. The molecule has 36 heavy (non-hydrogen) atoms. The zero-order chi connectivity index (χ0) is 25.6. The summed E-state index contributed by atoms with van der Waals surface area (Å²) in [6.07, 6.45) is 0. The Morgan fingerprint density at radius 1 is 0.472 bits per heavy atom. The molecule has 2 heteroatoms. The van der Waals surface area contributed by atoms with Crippen molar-refractivity contribution in [2.24, 2.45) is 0 Å². The Kier molecular flexibility index (Phi) is 6.52. The highest BCUT2D eigenvalue weighted by molar-refractivity contribution is 6.71. The van der Waals surface area contributed by atoms with E-state index in [1.807, 2.05) is 0 Å². The van der Waals surface area contributed by atoms with E-state index in [0.717, 1.165) is 0 Å². The Morgan fingerprint density at radius 3 is 1.31 bits per heavy atom. The van der Waals surface area contributed by atoms with Crippen LogP contribution in [-0.2, 0) is 5.41 Å². The lowest BCUT2D eigenvalue weighted by Crippen LogP contribution is -2.21. The minimum Gasteiger partial charge on any atom is -0.0671 e. The molecule has 0 N–H and O–H groups in total. The van der Waals surface area contributed by atoms with Gasteiger partial charge in [-0.3, -0.25) is 0 Å². The second kappa shape index (κ2) is 9.50. The van der Waals surface area contributed by atoms with Gasteiger partial charge in [0.2, 0.25) is 0 Å². The van der Waals surface area contributed by atoms with E-state index >= 15 is 0 Å². The molecule has 2 radical (unpaired) electrons. The van der Waals surface area contributed by atoms with Crippen LogP contribution in [0.15, 0.2) is 91.0 Å². The summed E-state index contributed by atoms with van der Waals surface area (Å²) in [5.74, 6) is 0. The maximum absolute atomic E-state index is 2.46. The first-order valence-electron chi connectivity index (χ1n) is 13.0. The van der Waals surface area contributed by atoms with E-state index in [0.29, 0.717) is 0 Å². The van der Waals surface area contributed by atoms with E-state index in [1.54, 1.807) is 0 Å². The van der Waals surface area contributed by atoms with Gasteiger partial charge in [0.15, 0.2) is 0 Å². The lowest BCUT2D eigenvalue weighted by atomic mass is 9.81. The van der Waals surface area contributed by atoms with E-state index < -0.39 is 17.6 Å². The summed E-state index contributed by atoms with van der Waals surface area (Å²) in [6.45, 7) is 16.4. The predicted molar refractivity (Wildman–Crippen MR) is 165 cm³/mol. The highest BCUT2D eigenvalue weighted by Gasteiger charge is 2.20. The second-order valence-electron chi connectivity index (χ2n) is 11.5. The molecule has 5 aromatic rings. The molecule has 0 unspecified atom stereocenters. The zero-order valence-electron chi connectivity index (χ0n) is 22.7. The number of fused-ring (bicyclic) bond motifs is 2. The maximum Gasteiger partial charge on any atom is 0.0791 e. The molecule has 0 amide bonds. The first kappa shape index (κ1) is 24.7. The van der Waals surface area contributed by atoms with Gasteiger partial charge in [-0.1, -0.05) is 142 Å². The fourth-order valence-electron chi connectivity index (χ4n) is 5.21. The van der Waals surface area contributed by atoms with Crippen LogP contribution in [0, 0.1) is 0 Å². The predicted octanol–water partition coefficient (Wildman–Crippen LogP) is 8.55. The minimum absolute atomic E-state index is 0.0885. The van der Waals surface area contributed by atoms with Crippen molar-refractivity contribution in [2.75, 3.05) is 0 Å². The van der Waals surface area contributed by atoms with Gasteiger partial charge in [0, 0.05) is 0 Å². The normalized spacial score (nSPS) is 12.2. The van der Waals surface area contributed by atoms with Crippen LogP contribution in [0.3, 0.4) is 0 Å². The molecule has 0 spiro atoms. The van der Waals surface area contributed by atoms with E-state index in [-0.39, 0.29) is 5.41 Å². The van der Waals surface area contributed by atoms with Gasteiger partial charge in [0.1, 0.15) is 0 Å². The van der Waals surface area contributed by atoms with Crippen LogP contribution < -0.4 is 10.4 Å². The fourth-order valence-corrected chi connectivity index (χ4v) is 6.87. The summed E-state index contributed by atoms with van der Waals surface area (Å²) in [6, 6.07) is 34.9. The van der Waals surface area contributed by atoms with Gasteiger partial charge in [-0.25, -0.2) is 0 Å². The average molecular weight is 501 g/mol. The van der Waals surface area contributed by atoms with Gasteiger partial charge >= 0.3 is 0 Å². The number of hydrogen-bond acceptors (Lipinski definition) is 0. The molecule has 0 bridgehead atoms. The summed E-state index contributed by atoms with van der Waals surface area (Å²) >= 11 is 0. The average Bonchev–Trinajstić information content (AvgIpc) is 2.86. The molecule has 0 aliphatic rings. The van der Waals surface area contributed by atoms with Gasteiger partial charge in [-0.2, -0.15) is 0 Å². The Hall–Kier alpha value is -2.95. The first-order valence-corrected chi connectivity index (χ1v) is 18.0. The monoisotopic (exact) mass is 500 g/mol. The Labute approximate surface area is 220 Å². The highest BCUT2D eigenvalue weighted by atomic mass is 28.3. The van der Waals surface area contributed by atoms with Gasteiger partial charge < -0.3 is 0 Å². The molecule has 0 atom stereocenters. The molecular weight excluding hydrogens is 465 g/mol. The minimum atomic E-state index is -0.470. The third-order valence-corrected chi connectivity index (χ3v) is 10.4. The molecule has 180 valence electrons. The fraction of sp³-hybridized carbons (Fsp3) is 0.235. The molecule has 0 aliphatic carbocycles. The van der Waals surface area contributed by atoms with Crippen molar-refractivity contribution in [1.29, 1.82) is 0 Å². The van der Waals surface area contributed by atoms with E-state index in [2.05, 4.69) is 138 Å². The molecule has 5 rings (SSSR count). The van der Waals surface area contributed by atoms with Crippen LogP contribution in [-0.4, -0.2) is 17.6 Å². The van der Waals surface area contributed by atoms with Crippen LogP contribution in [0.5, 0.6) is 0 Å². The third-order valence-electron chi connectivity index (χ3n) is 7.39. The van der Waals surface area contributed by atoms with Gasteiger partial charge in [-0.05, 0) is 60.8 Å². The molecule has 0 fully saturated rings. The Bertz CT molecular complexity index is 1530. The summed E-state index contributed by atoms with van der Waals surface area (Å²) in [5, 5.41) is 8.31.